The molecule has 1 N–H and O–H groups in total. The van der Waals surface area contributed by atoms with Crippen LogP contribution in [-0.2, 0) is 4.74 Å². The highest BCUT2D eigenvalue weighted by Crippen LogP contribution is 2.47. The van der Waals surface area contributed by atoms with Gasteiger partial charge in [0, 0.05) is 6.04 Å². The molecule has 1 heterocycles. The standard InChI is InChI=1S/C10H17NO3/c1-10(2,3)14-9(13)11-7-4-6(7)5-8(11)12/h6-8,12H,4-5H2,1-3H3. The van der Waals surface area contributed by atoms with Crippen LogP contribution in [0.4, 0.5) is 4.79 Å². The van der Waals surface area contributed by atoms with Crippen molar-refractivity contribution < 1.29 is 14.6 Å². The van der Waals surface area contributed by atoms with Crippen LogP contribution < -0.4 is 0 Å². The number of aliphatic hydroxyl groups is 1. The lowest BCUT2D eigenvalue weighted by molar-refractivity contribution is -0.0222. The summed E-state index contributed by atoms with van der Waals surface area (Å²) >= 11 is 0. The van der Waals surface area contributed by atoms with Crippen molar-refractivity contribution in [1.29, 1.82) is 0 Å². The van der Waals surface area contributed by atoms with Crippen LogP contribution >= 0.6 is 0 Å². The molecule has 0 aromatic carbocycles. The molecule has 1 aliphatic heterocycles. The normalized spacial score (nSPS) is 35.4. The monoisotopic (exact) mass is 199 g/mol. The Morgan fingerprint density at radius 2 is 2.07 bits per heavy atom. The molecule has 0 aromatic rings. The zero-order valence-corrected chi connectivity index (χ0v) is 8.86. The molecule has 0 aromatic heterocycles. The number of amides is 1. The highest BCUT2D eigenvalue weighted by Gasteiger charge is 2.54. The molecule has 2 aliphatic rings. The number of aliphatic hydroxyl groups excluding tert-OH is 1. The number of piperidine rings is 1. The van der Waals surface area contributed by atoms with Gasteiger partial charge in [-0.3, -0.25) is 4.90 Å². The van der Waals surface area contributed by atoms with E-state index >= 15 is 0 Å². The maximum absolute atomic E-state index is 11.7. The quantitative estimate of drug-likeness (QED) is 0.640. The van der Waals surface area contributed by atoms with Gasteiger partial charge >= 0.3 is 6.09 Å². The number of carbonyl (C=O) groups excluding carboxylic acids is 1. The number of likely N-dealkylation sites (tertiary alicyclic amines) is 1. The summed E-state index contributed by atoms with van der Waals surface area (Å²) in [6.07, 6.45) is 0.726. The van der Waals surface area contributed by atoms with Crippen LogP contribution in [0, 0.1) is 5.92 Å². The molecule has 1 saturated heterocycles. The van der Waals surface area contributed by atoms with Gasteiger partial charge in [-0.2, -0.15) is 0 Å². The first-order valence-corrected chi connectivity index (χ1v) is 5.08. The predicted molar refractivity (Wildman–Crippen MR) is 50.6 cm³/mol. The fourth-order valence-corrected chi connectivity index (χ4v) is 2.00. The molecule has 3 unspecified atom stereocenters. The first-order chi connectivity index (χ1) is 6.38. The van der Waals surface area contributed by atoms with Gasteiger partial charge in [0.05, 0.1) is 0 Å². The van der Waals surface area contributed by atoms with Gasteiger partial charge in [0.1, 0.15) is 11.8 Å². The summed E-state index contributed by atoms with van der Waals surface area (Å²) in [7, 11) is 0. The molecule has 4 heteroatoms. The summed E-state index contributed by atoms with van der Waals surface area (Å²) in [4.78, 5) is 13.1. The fourth-order valence-electron chi connectivity index (χ4n) is 2.00. The number of rotatable bonds is 0. The van der Waals surface area contributed by atoms with Gasteiger partial charge in [0.15, 0.2) is 0 Å². The number of nitrogens with zero attached hydrogens (tertiary/aromatic N) is 1. The third-order valence-electron chi connectivity index (χ3n) is 2.68. The highest BCUT2D eigenvalue weighted by molar-refractivity contribution is 5.70. The topological polar surface area (TPSA) is 49.8 Å². The van der Waals surface area contributed by atoms with E-state index in [0.717, 1.165) is 6.42 Å². The Balaban J connectivity index is 1.98. The average Bonchev–Trinajstić information content (AvgIpc) is 2.58. The Bertz CT molecular complexity index is 257. The third kappa shape index (κ3) is 1.71. The van der Waals surface area contributed by atoms with Crippen LogP contribution in [0.25, 0.3) is 0 Å². The lowest BCUT2D eigenvalue weighted by atomic mass is 10.2. The smallest absolute Gasteiger partial charge is 0.412 e. The van der Waals surface area contributed by atoms with Crippen LogP contribution in [-0.4, -0.2) is 34.0 Å². The Morgan fingerprint density at radius 1 is 1.43 bits per heavy atom. The second-order valence-electron chi connectivity index (χ2n) is 5.17. The molecule has 14 heavy (non-hydrogen) atoms. The number of ether oxygens (including phenoxy) is 1. The molecule has 4 nitrogen and oxygen atoms in total. The minimum atomic E-state index is -0.631. The van der Waals surface area contributed by atoms with Gasteiger partial charge in [0.2, 0.25) is 0 Å². The van der Waals surface area contributed by atoms with Crippen LogP contribution in [0.5, 0.6) is 0 Å². The van der Waals surface area contributed by atoms with Gasteiger partial charge in [0.25, 0.3) is 0 Å². The maximum Gasteiger partial charge on any atom is 0.412 e. The van der Waals surface area contributed by atoms with Crippen LogP contribution in [0.2, 0.25) is 0 Å². The van der Waals surface area contributed by atoms with Gasteiger partial charge in [-0.05, 0) is 39.5 Å². The number of hydrogen-bond donors (Lipinski definition) is 1. The molecule has 3 atom stereocenters. The zero-order valence-electron chi connectivity index (χ0n) is 8.86. The average molecular weight is 199 g/mol. The second kappa shape index (κ2) is 2.86. The molecule has 1 amide bonds. The van der Waals surface area contributed by atoms with Crippen molar-refractivity contribution in [3.05, 3.63) is 0 Å². The summed E-state index contributed by atoms with van der Waals surface area (Å²) in [6.45, 7) is 5.49. The van der Waals surface area contributed by atoms with E-state index in [1.54, 1.807) is 0 Å². The minimum Gasteiger partial charge on any atom is -0.444 e. The SMILES string of the molecule is CC(C)(C)OC(=O)N1C(O)CC2CC21. The van der Waals surface area contributed by atoms with E-state index in [-0.39, 0.29) is 12.1 Å². The van der Waals surface area contributed by atoms with Crippen LogP contribution in [0.1, 0.15) is 33.6 Å². The van der Waals surface area contributed by atoms with Gasteiger partial charge in [-0.25, -0.2) is 4.79 Å². The molecule has 0 bridgehead atoms. The van der Waals surface area contributed by atoms with Crippen molar-refractivity contribution in [3.8, 4) is 0 Å². The van der Waals surface area contributed by atoms with Gasteiger partial charge < -0.3 is 9.84 Å². The second-order valence-corrected chi connectivity index (χ2v) is 5.17. The van der Waals surface area contributed by atoms with E-state index < -0.39 is 11.8 Å². The molecule has 2 rings (SSSR count). The van der Waals surface area contributed by atoms with Crippen molar-refractivity contribution in [3.63, 3.8) is 0 Å². The van der Waals surface area contributed by atoms with E-state index in [1.165, 1.54) is 4.90 Å². The number of hydrogen-bond acceptors (Lipinski definition) is 3. The van der Waals surface area contributed by atoms with E-state index in [4.69, 9.17) is 4.74 Å². The minimum absolute atomic E-state index is 0.236. The van der Waals surface area contributed by atoms with E-state index in [9.17, 15) is 9.90 Å². The van der Waals surface area contributed by atoms with Crippen molar-refractivity contribution in [2.75, 3.05) is 0 Å². The Kier molecular flexibility index (Phi) is 2.00. The first-order valence-electron chi connectivity index (χ1n) is 5.08. The Hall–Kier alpha value is -0.770. The Labute approximate surface area is 83.8 Å². The molecule has 1 saturated carbocycles. The van der Waals surface area contributed by atoms with E-state index in [2.05, 4.69) is 0 Å². The maximum atomic E-state index is 11.7. The van der Waals surface area contributed by atoms with Crippen molar-refractivity contribution >= 4 is 6.09 Å². The number of fused-ring (bicyclic) bond motifs is 1. The largest absolute Gasteiger partial charge is 0.444 e. The van der Waals surface area contributed by atoms with Crippen molar-refractivity contribution in [2.45, 2.75) is 51.5 Å². The van der Waals surface area contributed by atoms with Crippen molar-refractivity contribution in [1.82, 2.24) is 4.90 Å². The Morgan fingerprint density at radius 3 is 2.50 bits per heavy atom. The summed E-state index contributed by atoms with van der Waals surface area (Å²) in [6, 6.07) is 0.236. The number of carbonyl (C=O) groups is 1. The zero-order chi connectivity index (χ0) is 10.5. The third-order valence-corrected chi connectivity index (χ3v) is 2.68. The molecule has 1 aliphatic carbocycles. The molecular formula is C10H17NO3. The fraction of sp³-hybridized carbons (Fsp3) is 0.900. The molecule has 80 valence electrons. The van der Waals surface area contributed by atoms with E-state index in [1.807, 2.05) is 20.8 Å². The molecule has 0 spiro atoms. The van der Waals surface area contributed by atoms with Crippen molar-refractivity contribution in [2.24, 2.45) is 5.92 Å². The molecular weight excluding hydrogens is 182 g/mol. The summed E-state index contributed by atoms with van der Waals surface area (Å²) < 4.78 is 5.22. The molecule has 0 radical (unpaired) electrons. The van der Waals surface area contributed by atoms with Gasteiger partial charge in [-0.15, -0.1) is 0 Å². The summed E-state index contributed by atoms with van der Waals surface area (Å²) in [5, 5.41) is 9.58. The van der Waals surface area contributed by atoms with Gasteiger partial charge in [-0.1, -0.05) is 0 Å². The lowest BCUT2D eigenvalue weighted by Crippen LogP contribution is -2.41. The predicted octanol–water partition coefficient (Wildman–Crippen LogP) is 1.33. The summed E-state index contributed by atoms with van der Waals surface area (Å²) in [5.41, 5.74) is -0.482. The lowest BCUT2D eigenvalue weighted by Gasteiger charge is -2.27. The van der Waals surface area contributed by atoms with E-state index in [0.29, 0.717) is 12.3 Å². The first kappa shape index (κ1) is 9.77. The highest BCUT2D eigenvalue weighted by atomic mass is 16.6. The molecule has 2 fully saturated rings. The van der Waals surface area contributed by atoms with Crippen LogP contribution in [0.3, 0.4) is 0 Å². The van der Waals surface area contributed by atoms with Crippen LogP contribution in [0.15, 0.2) is 0 Å². The summed E-state index contributed by atoms with van der Waals surface area (Å²) in [5.74, 6) is 0.512.